The number of aromatic nitrogens is 2. The summed E-state index contributed by atoms with van der Waals surface area (Å²) in [7, 11) is -3.47. The van der Waals surface area contributed by atoms with Crippen molar-refractivity contribution in [3.63, 3.8) is 0 Å². The number of furan rings is 1. The summed E-state index contributed by atoms with van der Waals surface area (Å²) in [6.45, 7) is 3.86. The van der Waals surface area contributed by atoms with Crippen molar-refractivity contribution in [3.8, 4) is 11.5 Å². The Morgan fingerprint density at radius 1 is 0.963 bits per heavy atom. The molecule has 0 N–H and O–H groups in total. The van der Waals surface area contributed by atoms with Gasteiger partial charge in [-0.3, -0.25) is 0 Å². The Bertz CT molecular complexity index is 1010. The lowest BCUT2D eigenvalue weighted by Crippen LogP contribution is -2.49. The van der Waals surface area contributed by atoms with Gasteiger partial charge in [-0.1, -0.05) is 12.1 Å². The van der Waals surface area contributed by atoms with Crippen LogP contribution in [-0.2, 0) is 10.0 Å². The zero-order chi connectivity index (χ0) is 18.9. The Balaban J connectivity index is 1.44. The molecule has 1 aromatic carbocycles. The van der Waals surface area contributed by atoms with E-state index in [1.54, 1.807) is 30.5 Å². The molecule has 0 amide bonds. The van der Waals surface area contributed by atoms with Crippen LogP contribution in [-0.4, -0.2) is 49.1 Å². The summed E-state index contributed by atoms with van der Waals surface area (Å²) in [5.74, 6) is 1.40. The van der Waals surface area contributed by atoms with E-state index < -0.39 is 10.0 Å². The third-order valence-corrected chi connectivity index (χ3v) is 6.51. The molecule has 0 bridgehead atoms. The molecule has 0 unspecified atom stereocenters. The zero-order valence-electron chi connectivity index (χ0n) is 14.9. The van der Waals surface area contributed by atoms with E-state index in [2.05, 4.69) is 10.2 Å². The first-order valence-electron chi connectivity index (χ1n) is 8.73. The number of aryl methyl sites for hydroxylation is 1. The molecular formula is C19H20N4O3S. The highest BCUT2D eigenvalue weighted by Crippen LogP contribution is 2.22. The zero-order valence-corrected chi connectivity index (χ0v) is 15.8. The first kappa shape index (κ1) is 17.7. The van der Waals surface area contributed by atoms with Crippen LogP contribution in [0.5, 0.6) is 0 Å². The molecule has 4 rings (SSSR count). The molecule has 3 aromatic rings. The monoisotopic (exact) mass is 384 g/mol. The predicted octanol–water partition coefficient (Wildman–Crippen LogP) is 2.56. The van der Waals surface area contributed by atoms with E-state index in [-0.39, 0.29) is 0 Å². The second-order valence-electron chi connectivity index (χ2n) is 6.46. The van der Waals surface area contributed by atoms with Crippen molar-refractivity contribution in [1.82, 2.24) is 14.5 Å². The summed E-state index contributed by atoms with van der Waals surface area (Å²) in [5.41, 5.74) is 1.60. The van der Waals surface area contributed by atoms with Gasteiger partial charge in [0.05, 0.1) is 11.2 Å². The van der Waals surface area contributed by atoms with Crippen molar-refractivity contribution < 1.29 is 12.8 Å². The van der Waals surface area contributed by atoms with Crippen LogP contribution < -0.4 is 4.90 Å². The molecule has 0 saturated carbocycles. The fraction of sp³-hybridized carbons (Fsp3) is 0.263. The van der Waals surface area contributed by atoms with E-state index in [0.29, 0.717) is 42.5 Å². The van der Waals surface area contributed by atoms with Gasteiger partial charge in [-0.25, -0.2) is 8.42 Å². The van der Waals surface area contributed by atoms with Crippen LogP contribution in [0.15, 0.2) is 64.1 Å². The lowest BCUT2D eigenvalue weighted by Gasteiger charge is -2.34. The van der Waals surface area contributed by atoms with E-state index in [1.807, 2.05) is 36.1 Å². The number of anilines is 1. The van der Waals surface area contributed by atoms with Crippen LogP contribution in [0.3, 0.4) is 0 Å². The molecule has 3 heterocycles. The average molecular weight is 384 g/mol. The van der Waals surface area contributed by atoms with Crippen molar-refractivity contribution in [2.45, 2.75) is 11.8 Å². The number of benzene rings is 1. The number of piperazine rings is 1. The van der Waals surface area contributed by atoms with Crippen LogP contribution >= 0.6 is 0 Å². The van der Waals surface area contributed by atoms with Gasteiger partial charge in [0.15, 0.2) is 11.6 Å². The lowest BCUT2D eigenvalue weighted by molar-refractivity contribution is 0.383. The third-order valence-electron chi connectivity index (χ3n) is 4.61. The number of nitrogens with zero attached hydrogens (tertiary/aromatic N) is 4. The van der Waals surface area contributed by atoms with Gasteiger partial charge in [0.1, 0.15) is 5.69 Å². The molecule has 1 aliphatic rings. The topological polar surface area (TPSA) is 79.5 Å². The Morgan fingerprint density at radius 2 is 1.78 bits per heavy atom. The van der Waals surface area contributed by atoms with Crippen LogP contribution in [0.2, 0.25) is 0 Å². The van der Waals surface area contributed by atoms with Crippen LogP contribution in [0.25, 0.3) is 11.5 Å². The summed E-state index contributed by atoms with van der Waals surface area (Å²) in [6, 6.07) is 14.4. The van der Waals surface area contributed by atoms with Gasteiger partial charge in [0.25, 0.3) is 0 Å². The van der Waals surface area contributed by atoms with Crippen molar-refractivity contribution >= 4 is 15.8 Å². The van der Waals surface area contributed by atoms with E-state index in [0.717, 1.165) is 11.4 Å². The van der Waals surface area contributed by atoms with Crippen LogP contribution in [0.1, 0.15) is 5.56 Å². The van der Waals surface area contributed by atoms with Crippen molar-refractivity contribution in [2.24, 2.45) is 0 Å². The predicted molar refractivity (Wildman–Crippen MR) is 102 cm³/mol. The second-order valence-corrected chi connectivity index (χ2v) is 8.40. The summed E-state index contributed by atoms with van der Waals surface area (Å²) < 4.78 is 32.5. The van der Waals surface area contributed by atoms with Crippen molar-refractivity contribution in [3.05, 3.63) is 60.4 Å². The van der Waals surface area contributed by atoms with E-state index >= 15 is 0 Å². The first-order chi connectivity index (χ1) is 13.0. The lowest BCUT2D eigenvalue weighted by atomic mass is 10.2. The van der Waals surface area contributed by atoms with E-state index in [4.69, 9.17) is 4.42 Å². The first-order valence-corrected chi connectivity index (χ1v) is 10.2. The quantitative estimate of drug-likeness (QED) is 0.688. The van der Waals surface area contributed by atoms with Gasteiger partial charge < -0.3 is 9.32 Å². The fourth-order valence-corrected chi connectivity index (χ4v) is 4.66. The maximum Gasteiger partial charge on any atom is 0.243 e. The molecular weight excluding hydrogens is 364 g/mol. The highest BCUT2D eigenvalue weighted by Gasteiger charge is 2.29. The molecule has 1 aliphatic heterocycles. The summed E-state index contributed by atoms with van der Waals surface area (Å²) in [6.07, 6.45) is 1.60. The molecule has 0 aliphatic carbocycles. The Morgan fingerprint density at radius 3 is 2.41 bits per heavy atom. The molecule has 7 nitrogen and oxygen atoms in total. The number of hydrogen-bond donors (Lipinski definition) is 0. The Labute approximate surface area is 158 Å². The van der Waals surface area contributed by atoms with Gasteiger partial charge in [0, 0.05) is 26.2 Å². The number of hydrogen-bond acceptors (Lipinski definition) is 6. The van der Waals surface area contributed by atoms with Gasteiger partial charge in [-0.2, -0.15) is 4.31 Å². The third kappa shape index (κ3) is 3.58. The minimum atomic E-state index is -3.47. The second kappa shape index (κ2) is 7.13. The van der Waals surface area contributed by atoms with E-state index in [9.17, 15) is 8.42 Å². The highest BCUT2D eigenvalue weighted by atomic mass is 32.2. The Hall–Kier alpha value is -2.71. The largest absolute Gasteiger partial charge is 0.463 e. The van der Waals surface area contributed by atoms with Gasteiger partial charge in [-0.05, 0) is 48.9 Å². The fourth-order valence-electron chi connectivity index (χ4n) is 3.13. The minimum absolute atomic E-state index is 0.346. The molecule has 8 heteroatoms. The summed E-state index contributed by atoms with van der Waals surface area (Å²) in [5, 5.41) is 8.47. The smallest absolute Gasteiger partial charge is 0.243 e. The maximum absolute atomic E-state index is 12.8. The molecule has 0 radical (unpaired) electrons. The molecule has 1 saturated heterocycles. The average Bonchev–Trinajstić information content (AvgIpc) is 3.23. The summed E-state index contributed by atoms with van der Waals surface area (Å²) >= 11 is 0. The van der Waals surface area contributed by atoms with Crippen molar-refractivity contribution in [2.75, 3.05) is 31.1 Å². The molecule has 0 atom stereocenters. The molecule has 27 heavy (non-hydrogen) atoms. The van der Waals surface area contributed by atoms with Gasteiger partial charge in [0.2, 0.25) is 10.0 Å². The van der Waals surface area contributed by atoms with Crippen molar-refractivity contribution in [1.29, 1.82) is 0 Å². The maximum atomic E-state index is 12.8. The number of rotatable bonds is 4. The minimum Gasteiger partial charge on any atom is -0.463 e. The van der Waals surface area contributed by atoms with Crippen LogP contribution in [0.4, 0.5) is 5.82 Å². The van der Waals surface area contributed by atoms with Crippen LogP contribution in [0, 0.1) is 6.92 Å². The van der Waals surface area contributed by atoms with Gasteiger partial charge in [-0.15, -0.1) is 10.2 Å². The molecule has 0 spiro atoms. The summed E-state index contributed by atoms with van der Waals surface area (Å²) in [4.78, 5) is 2.39. The molecule has 1 fully saturated rings. The number of sulfonamides is 1. The standard InChI is InChI=1S/C19H20N4O3S/c1-15-4-2-5-16(14-15)27(24,25)23-11-9-22(10-12-23)19-8-7-17(20-21-19)18-6-3-13-26-18/h2-8,13-14H,9-12H2,1H3. The normalized spacial score (nSPS) is 15.8. The van der Waals surface area contributed by atoms with Gasteiger partial charge >= 0.3 is 0 Å². The SMILES string of the molecule is Cc1cccc(S(=O)(=O)N2CCN(c3ccc(-c4ccco4)nn3)CC2)c1. The molecule has 140 valence electrons. The van der Waals surface area contributed by atoms with E-state index in [1.165, 1.54) is 4.31 Å². The highest BCUT2D eigenvalue weighted by molar-refractivity contribution is 7.89. The Kier molecular flexibility index (Phi) is 4.67. The molecule has 2 aromatic heterocycles.